The van der Waals surface area contributed by atoms with Crippen molar-refractivity contribution in [2.75, 3.05) is 19.8 Å². The lowest BCUT2D eigenvalue weighted by Gasteiger charge is -2.09. The van der Waals surface area contributed by atoms with Crippen LogP contribution < -0.4 is 10.5 Å². The Hall–Kier alpha value is -1.39. The van der Waals surface area contributed by atoms with Gasteiger partial charge in [-0.2, -0.15) is 0 Å². The standard InChI is InChI=1S/C11H16N2O2/c1-2-5-14-6-7-15-11-9-13-4-3-10(11)8-12/h2-4,9H,1,5-8,12H2. The van der Waals surface area contributed by atoms with Gasteiger partial charge in [0.15, 0.2) is 0 Å². The minimum atomic E-state index is 0.450. The van der Waals surface area contributed by atoms with E-state index in [4.69, 9.17) is 15.2 Å². The van der Waals surface area contributed by atoms with Gasteiger partial charge in [0.1, 0.15) is 12.4 Å². The van der Waals surface area contributed by atoms with Gasteiger partial charge in [-0.3, -0.25) is 4.98 Å². The van der Waals surface area contributed by atoms with Crippen LogP contribution in [0.4, 0.5) is 0 Å². The summed E-state index contributed by atoms with van der Waals surface area (Å²) in [6.45, 7) is 5.57. The monoisotopic (exact) mass is 208 g/mol. The fourth-order valence-electron chi connectivity index (χ4n) is 1.08. The highest BCUT2D eigenvalue weighted by Crippen LogP contribution is 2.14. The molecule has 0 saturated heterocycles. The molecule has 0 bridgehead atoms. The molecule has 1 heterocycles. The van der Waals surface area contributed by atoms with Crippen molar-refractivity contribution < 1.29 is 9.47 Å². The lowest BCUT2D eigenvalue weighted by atomic mass is 10.2. The molecule has 0 fully saturated rings. The number of aromatic nitrogens is 1. The molecule has 4 heteroatoms. The topological polar surface area (TPSA) is 57.4 Å². The molecule has 0 amide bonds. The summed E-state index contributed by atoms with van der Waals surface area (Å²) in [6.07, 6.45) is 5.06. The number of nitrogens with zero attached hydrogens (tertiary/aromatic N) is 1. The Morgan fingerprint density at radius 3 is 3.07 bits per heavy atom. The van der Waals surface area contributed by atoms with E-state index in [0.717, 1.165) is 11.3 Å². The molecule has 0 atom stereocenters. The molecule has 0 saturated carbocycles. The summed E-state index contributed by atoms with van der Waals surface area (Å²) >= 11 is 0. The van der Waals surface area contributed by atoms with Crippen LogP contribution in [0.3, 0.4) is 0 Å². The first kappa shape index (κ1) is 11.7. The predicted molar refractivity (Wildman–Crippen MR) is 58.6 cm³/mol. The summed E-state index contributed by atoms with van der Waals surface area (Å²) in [5, 5.41) is 0. The average Bonchev–Trinajstić information content (AvgIpc) is 2.29. The van der Waals surface area contributed by atoms with Gasteiger partial charge in [-0.05, 0) is 6.07 Å². The molecule has 15 heavy (non-hydrogen) atoms. The maximum absolute atomic E-state index is 5.55. The van der Waals surface area contributed by atoms with Crippen LogP contribution in [-0.2, 0) is 11.3 Å². The number of ether oxygens (including phenoxy) is 2. The summed E-state index contributed by atoms with van der Waals surface area (Å²) < 4.78 is 10.7. The molecule has 4 nitrogen and oxygen atoms in total. The second kappa shape index (κ2) is 6.98. The van der Waals surface area contributed by atoms with E-state index < -0.39 is 0 Å². The Labute approximate surface area is 89.7 Å². The highest BCUT2D eigenvalue weighted by atomic mass is 16.5. The smallest absolute Gasteiger partial charge is 0.142 e. The van der Waals surface area contributed by atoms with Crippen molar-refractivity contribution in [2.45, 2.75) is 6.54 Å². The molecule has 0 radical (unpaired) electrons. The third kappa shape index (κ3) is 4.10. The van der Waals surface area contributed by atoms with Gasteiger partial charge in [0.25, 0.3) is 0 Å². The number of pyridine rings is 1. The second-order valence-electron chi connectivity index (χ2n) is 2.90. The number of nitrogens with two attached hydrogens (primary N) is 1. The molecule has 0 aliphatic carbocycles. The molecule has 1 aromatic heterocycles. The zero-order valence-electron chi connectivity index (χ0n) is 8.69. The van der Waals surface area contributed by atoms with Crippen molar-refractivity contribution in [3.05, 3.63) is 36.7 Å². The summed E-state index contributed by atoms with van der Waals surface area (Å²) in [5.41, 5.74) is 6.50. The van der Waals surface area contributed by atoms with Crippen molar-refractivity contribution >= 4 is 0 Å². The van der Waals surface area contributed by atoms with Crippen LogP contribution >= 0.6 is 0 Å². The molecule has 1 rings (SSSR count). The molecule has 1 aromatic rings. The largest absolute Gasteiger partial charge is 0.489 e. The van der Waals surface area contributed by atoms with Crippen molar-refractivity contribution in [1.29, 1.82) is 0 Å². The Bertz CT molecular complexity index is 302. The van der Waals surface area contributed by atoms with Crippen LogP contribution in [-0.4, -0.2) is 24.8 Å². The first-order chi connectivity index (χ1) is 7.38. The summed E-state index contributed by atoms with van der Waals surface area (Å²) in [4.78, 5) is 3.97. The zero-order valence-corrected chi connectivity index (χ0v) is 8.69. The third-order valence-electron chi connectivity index (χ3n) is 1.81. The van der Waals surface area contributed by atoms with Gasteiger partial charge in [-0.1, -0.05) is 6.08 Å². The van der Waals surface area contributed by atoms with Gasteiger partial charge in [0.05, 0.1) is 19.4 Å². The predicted octanol–water partition coefficient (Wildman–Crippen LogP) is 1.12. The van der Waals surface area contributed by atoms with E-state index in [1.165, 1.54) is 0 Å². The minimum Gasteiger partial charge on any atom is -0.489 e. The fourth-order valence-corrected chi connectivity index (χ4v) is 1.08. The molecular formula is C11H16N2O2. The van der Waals surface area contributed by atoms with Gasteiger partial charge in [-0.25, -0.2) is 0 Å². The van der Waals surface area contributed by atoms with Crippen LogP contribution in [0.1, 0.15) is 5.56 Å². The van der Waals surface area contributed by atoms with Crippen LogP contribution in [0.15, 0.2) is 31.1 Å². The Morgan fingerprint density at radius 1 is 1.47 bits per heavy atom. The van der Waals surface area contributed by atoms with Crippen LogP contribution in [0.2, 0.25) is 0 Å². The molecule has 0 unspecified atom stereocenters. The molecule has 0 spiro atoms. The van der Waals surface area contributed by atoms with Crippen molar-refractivity contribution in [3.8, 4) is 5.75 Å². The van der Waals surface area contributed by atoms with Crippen molar-refractivity contribution in [2.24, 2.45) is 5.73 Å². The van der Waals surface area contributed by atoms with E-state index in [-0.39, 0.29) is 0 Å². The minimum absolute atomic E-state index is 0.450. The molecule has 0 aliphatic heterocycles. The zero-order chi connectivity index (χ0) is 10.9. The van der Waals surface area contributed by atoms with Crippen LogP contribution in [0, 0.1) is 0 Å². The fraction of sp³-hybridized carbons (Fsp3) is 0.364. The van der Waals surface area contributed by atoms with Gasteiger partial charge < -0.3 is 15.2 Å². The van der Waals surface area contributed by atoms with E-state index in [1.807, 2.05) is 6.07 Å². The SMILES string of the molecule is C=CCOCCOc1cnccc1CN. The first-order valence-electron chi connectivity index (χ1n) is 4.83. The van der Waals surface area contributed by atoms with Gasteiger partial charge >= 0.3 is 0 Å². The number of hydrogen-bond donors (Lipinski definition) is 1. The highest BCUT2D eigenvalue weighted by molar-refractivity contribution is 5.29. The normalized spacial score (nSPS) is 9.93. The summed E-state index contributed by atoms with van der Waals surface area (Å²) in [5.74, 6) is 0.724. The number of rotatable bonds is 7. The second-order valence-corrected chi connectivity index (χ2v) is 2.90. The molecule has 82 valence electrons. The number of hydrogen-bond acceptors (Lipinski definition) is 4. The van der Waals surface area contributed by atoms with Gasteiger partial charge in [0.2, 0.25) is 0 Å². The Morgan fingerprint density at radius 2 is 2.33 bits per heavy atom. The summed E-state index contributed by atoms with van der Waals surface area (Å²) in [7, 11) is 0. The molecule has 0 aliphatic rings. The maximum Gasteiger partial charge on any atom is 0.142 e. The van der Waals surface area contributed by atoms with E-state index in [9.17, 15) is 0 Å². The van der Waals surface area contributed by atoms with Crippen LogP contribution in [0.25, 0.3) is 0 Å². The third-order valence-corrected chi connectivity index (χ3v) is 1.81. The highest BCUT2D eigenvalue weighted by Gasteiger charge is 2.00. The lowest BCUT2D eigenvalue weighted by molar-refractivity contribution is 0.120. The van der Waals surface area contributed by atoms with Crippen LogP contribution in [0.5, 0.6) is 5.75 Å². The average molecular weight is 208 g/mol. The van der Waals surface area contributed by atoms with Gasteiger partial charge in [0, 0.05) is 18.3 Å². The first-order valence-corrected chi connectivity index (χ1v) is 4.83. The van der Waals surface area contributed by atoms with Crippen molar-refractivity contribution in [3.63, 3.8) is 0 Å². The molecular weight excluding hydrogens is 192 g/mol. The molecule has 0 aromatic carbocycles. The maximum atomic E-state index is 5.55. The molecule has 2 N–H and O–H groups in total. The van der Waals surface area contributed by atoms with E-state index in [0.29, 0.717) is 26.4 Å². The van der Waals surface area contributed by atoms with E-state index in [1.54, 1.807) is 18.5 Å². The summed E-state index contributed by atoms with van der Waals surface area (Å²) in [6, 6.07) is 1.85. The Balaban J connectivity index is 2.33. The van der Waals surface area contributed by atoms with Gasteiger partial charge in [-0.15, -0.1) is 6.58 Å². The quantitative estimate of drug-likeness (QED) is 0.539. The van der Waals surface area contributed by atoms with E-state index >= 15 is 0 Å². The van der Waals surface area contributed by atoms with E-state index in [2.05, 4.69) is 11.6 Å². The van der Waals surface area contributed by atoms with Crippen molar-refractivity contribution in [1.82, 2.24) is 4.98 Å². The lowest BCUT2D eigenvalue weighted by Crippen LogP contribution is -2.09. The Kier molecular flexibility index (Phi) is 5.43.